The van der Waals surface area contributed by atoms with E-state index in [-0.39, 0.29) is 27.4 Å². The van der Waals surface area contributed by atoms with Gasteiger partial charge in [0.05, 0.1) is 24.7 Å². The van der Waals surface area contributed by atoms with Gasteiger partial charge in [0.15, 0.2) is 22.3 Å². The summed E-state index contributed by atoms with van der Waals surface area (Å²) in [5, 5.41) is 30.8. The number of nitrogen functional groups attached to an aromatic ring is 1. The van der Waals surface area contributed by atoms with Crippen molar-refractivity contribution < 1.29 is 37.3 Å². The van der Waals surface area contributed by atoms with Crippen LogP contribution in [0.15, 0.2) is 16.7 Å². The van der Waals surface area contributed by atoms with E-state index in [4.69, 9.17) is 15.8 Å². The first kappa shape index (κ1) is 25.7. The summed E-state index contributed by atoms with van der Waals surface area (Å²) in [5.41, 5.74) is 3.24. The molecule has 2 atom stereocenters. The third kappa shape index (κ3) is 5.42. The van der Waals surface area contributed by atoms with Crippen molar-refractivity contribution in [3.8, 4) is 6.07 Å². The molecule has 1 saturated heterocycles. The molecule has 0 radical (unpaired) electrons. The van der Waals surface area contributed by atoms with Crippen LogP contribution in [0.3, 0.4) is 0 Å². The minimum Gasteiger partial charge on any atom is -0.478 e. The highest BCUT2D eigenvalue weighted by atomic mass is 32.2. The van der Waals surface area contributed by atoms with Crippen molar-refractivity contribution in [1.29, 1.82) is 5.26 Å². The van der Waals surface area contributed by atoms with Crippen LogP contribution in [0.25, 0.3) is 0 Å². The standard InChI is InChI=1S/C17H18N8O8S2/c1-17(2,15(28)29)33-23-13(10-7-34-16(19)21-10)12(26)3-9-11(25(14(9)27)35(30,31)32)6-24-20-5-8(4-18)22-24/h5,7,9,11H,3,6H2,1-2H3,(H2,19,21)(H,28,29)(H,30,31,32)/b23-13-/t9-,11+/m0/s1. The number of amides is 1. The van der Waals surface area contributed by atoms with Gasteiger partial charge in [0, 0.05) is 11.8 Å². The van der Waals surface area contributed by atoms with Gasteiger partial charge in [-0.1, -0.05) is 5.16 Å². The molecule has 1 aliphatic rings. The Kier molecular flexibility index (Phi) is 6.86. The number of aliphatic carboxylic acids is 1. The normalized spacial score (nSPS) is 18.6. The van der Waals surface area contributed by atoms with E-state index in [1.165, 1.54) is 19.2 Å². The smallest absolute Gasteiger partial charge is 0.362 e. The summed E-state index contributed by atoms with van der Waals surface area (Å²) in [6, 6.07) is 0.470. The fourth-order valence-electron chi connectivity index (χ4n) is 3.02. The monoisotopic (exact) mass is 526 g/mol. The van der Waals surface area contributed by atoms with Crippen LogP contribution in [0, 0.1) is 17.2 Å². The van der Waals surface area contributed by atoms with Crippen LogP contribution >= 0.6 is 11.3 Å². The summed E-state index contributed by atoms with van der Waals surface area (Å²) in [5.74, 6) is -4.52. The van der Waals surface area contributed by atoms with Crippen LogP contribution in [-0.4, -0.2) is 77.4 Å². The van der Waals surface area contributed by atoms with Gasteiger partial charge in [-0.25, -0.2) is 14.1 Å². The number of anilines is 1. The molecule has 18 heteroatoms. The maximum Gasteiger partial charge on any atom is 0.362 e. The van der Waals surface area contributed by atoms with E-state index in [0.29, 0.717) is 0 Å². The van der Waals surface area contributed by atoms with Gasteiger partial charge in [-0.2, -0.15) is 23.6 Å². The molecule has 1 fully saturated rings. The molecule has 2 aromatic rings. The Morgan fingerprint density at radius 2 is 2.11 bits per heavy atom. The number of nitrogens with two attached hydrogens (primary N) is 1. The molecule has 0 spiro atoms. The fraction of sp³-hybridized carbons (Fsp3) is 0.412. The molecular weight excluding hydrogens is 508 g/mol. The molecule has 3 heterocycles. The van der Waals surface area contributed by atoms with Gasteiger partial charge in [-0.3, -0.25) is 14.1 Å². The van der Waals surface area contributed by atoms with E-state index in [0.717, 1.165) is 22.3 Å². The van der Waals surface area contributed by atoms with Crippen LogP contribution in [0.5, 0.6) is 0 Å². The highest BCUT2D eigenvalue weighted by Gasteiger charge is 2.54. The van der Waals surface area contributed by atoms with Crippen LogP contribution < -0.4 is 5.73 Å². The quantitative estimate of drug-likeness (QED) is 0.147. The molecule has 16 nitrogen and oxygen atoms in total. The van der Waals surface area contributed by atoms with Crippen molar-refractivity contribution in [2.75, 3.05) is 5.73 Å². The molecule has 0 aliphatic carbocycles. The summed E-state index contributed by atoms with van der Waals surface area (Å²) < 4.78 is 33.0. The summed E-state index contributed by atoms with van der Waals surface area (Å²) in [6.07, 6.45) is 0.506. The Morgan fingerprint density at radius 1 is 1.43 bits per heavy atom. The van der Waals surface area contributed by atoms with Gasteiger partial charge >= 0.3 is 16.3 Å². The van der Waals surface area contributed by atoms with Gasteiger partial charge in [-0.05, 0) is 13.8 Å². The lowest BCUT2D eigenvalue weighted by Crippen LogP contribution is -2.64. The summed E-state index contributed by atoms with van der Waals surface area (Å²) in [4.78, 5) is 46.8. The average Bonchev–Trinajstić information content (AvgIpc) is 3.39. The number of β-lactam (4-membered cyclic amide) rings is 1. The van der Waals surface area contributed by atoms with Crippen molar-refractivity contribution >= 4 is 50.1 Å². The predicted octanol–water partition coefficient (Wildman–Crippen LogP) is -0.938. The number of carbonyl (C=O) groups is 3. The van der Waals surface area contributed by atoms with E-state index in [2.05, 4.69) is 20.3 Å². The van der Waals surface area contributed by atoms with Gasteiger partial charge in [0.2, 0.25) is 11.5 Å². The first-order valence-electron chi connectivity index (χ1n) is 9.59. The van der Waals surface area contributed by atoms with Crippen LogP contribution in [0.2, 0.25) is 0 Å². The second-order valence-corrected chi connectivity index (χ2v) is 9.91. The van der Waals surface area contributed by atoms with Gasteiger partial charge in [0.25, 0.3) is 0 Å². The molecule has 1 amide bonds. The number of carboxylic acids is 1. The number of nitrogens with zero attached hydrogens (tertiary/aromatic N) is 7. The minimum atomic E-state index is -4.97. The molecule has 2 aromatic heterocycles. The molecule has 0 saturated carbocycles. The van der Waals surface area contributed by atoms with E-state index in [1.807, 2.05) is 0 Å². The molecular formula is C17H18N8O8S2. The number of Topliss-reactive ketones (excluding diaryl/α,β-unsaturated/α-hetero) is 1. The zero-order chi connectivity index (χ0) is 26.1. The fourth-order valence-corrected chi connectivity index (χ4v) is 4.48. The molecule has 3 rings (SSSR count). The Bertz CT molecular complexity index is 1360. The van der Waals surface area contributed by atoms with Crippen LogP contribution in [0.4, 0.5) is 5.13 Å². The Labute approximate surface area is 201 Å². The first-order chi connectivity index (χ1) is 16.2. The lowest BCUT2D eigenvalue weighted by Gasteiger charge is -2.43. The van der Waals surface area contributed by atoms with E-state index in [9.17, 15) is 32.5 Å². The number of aromatic nitrogens is 4. The molecule has 1 aliphatic heterocycles. The second kappa shape index (κ2) is 9.36. The maximum atomic E-state index is 13.1. The van der Waals surface area contributed by atoms with Crippen LogP contribution in [0.1, 0.15) is 31.7 Å². The van der Waals surface area contributed by atoms with Gasteiger partial charge in [-0.15, -0.1) is 16.4 Å². The maximum absolute atomic E-state index is 13.1. The molecule has 35 heavy (non-hydrogen) atoms. The molecule has 0 bridgehead atoms. The third-order valence-corrected chi connectivity index (χ3v) is 6.49. The Morgan fingerprint density at radius 3 is 2.63 bits per heavy atom. The number of hydrogen-bond acceptors (Lipinski definition) is 13. The number of hydrogen-bond donors (Lipinski definition) is 3. The largest absolute Gasteiger partial charge is 0.478 e. The van der Waals surface area contributed by atoms with Crippen molar-refractivity contribution in [3.05, 3.63) is 23.0 Å². The zero-order valence-electron chi connectivity index (χ0n) is 18.1. The molecule has 4 N–H and O–H groups in total. The number of carbonyl (C=O) groups excluding carboxylic acids is 2. The topological polar surface area (TPSA) is 244 Å². The molecule has 186 valence electrons. The van der Waals surface area contributed by atoms with Crippen molar-refractivity contribution in [1.82, 2.24) is 24.3 Å². The predicted molar refractivity (Wildman–Crippen MR) is 116 cm³/mol. The third-order valence-electron chi connectivity index (χ3n) is 4.86. The van der Waals surface area contributed by atoms with Crippen molar-refractivity contribution in [2.24, 2.45) is 11.1 Å². The second-order valence-electron chi connectivity index (χ2n) is 7.73. The number of nitriles is 1. The minimum absolute atomic E-state index is 0.0407. The summed E-state index contributed by atoms with van der Waals surface area (Å²) in [6.45, 7) is 2.03. The lowest BCUT2D eigenvalue weighted by atomic mass is 9.84. The molecule has 0 aromatic carbocycles. The Hall–Kier alpha value is -3.95. The number of carboxylic acid groups (broad SMARTS) is 1. The van der Waals surface area contributed by atoms with E-state index >= 15 is 0 Å². The number of oxime groups is 1. The summed E-state index contributed by atoms with van der Waals surface area (Å²) >= 11 is 0.967. The average molecular weight is 527 g/mol. The molecule has 0 unspecified atom stereocenters. The zero-order valence-corrected chi connectivity index (χ0v) is 19.7. The van der Waals surface area contributed by atoms with Crippen molar-refractivity contribution in [2.45, 2.75) is 38.5 Å². The number of rotatable bonds is 10. The van der Waals surface area contributed by atoms with E-state index in [1.54, 1.807) is 6.07 Å². The van der Waals surface area contributed by atoms with Gasteiger partial charge in [0.1, 0.15) is 11.8 Å². The Balaban J connectivity index is 1.89. The van der Waals surface area contributed by atoms with E-state index < -0.39 is 57.7 Å². The highest BCUT2D eigenvalue weighted by molar-refractivity contribution is 7.84. The lowest BCUT2D eigenvalue weighted by molar-refractivity contribution is -0.161. The number of thiazole rings is 1. The SMILES string of the molecule is CC(C)(O/N=C(\C(=O)C[C@@H]1C(=O)N(S(=O)(=O)O)[C@@H]1Cn1ncc(C#N)n1)c1csc(N)n1)C(=O)O. The first-order valence-corrected chi connectivity index (χ1v) is 11.9. The number of ketones is 1. The highest BCUT2D eigenvalue weighted by Crippen LogP contribution is 2.33. The van der Waals surface area contributed by atoms with Gasteiger partial charge < -0.3 is 15.7 Å². The van der Waals surface area contributed by atoms with Crippen LogP contribution in [-0.2, 0) is 36.1 Å². The summed E-state index contributed by atoms with van der Waals surface area (Å²) in [7, 11) is -4.97. The van der Waals surface area contributed by atoms with Crippen molar-refractivity contribution in [3.63, 3.8) is 0 Å².